The van der Waals surface area contributed by atoms with Gasteiger partial charge in [0.25, 0.3) is 0 Å². The molecule has 106 valence electrons. The van der Waals surface area contributed by atoms with Crippen molar-refractivity contribution in [2.24, 2.45) is 0 Å². The van der Waals surface area contributed by atoms with Gasteiger partial charge in [-0.1, -0.05) is 25.1 Å². The molecule has 1 aliphatic heterocycles. The topological polar surface area (TPSA) is 29.5 Å². The summed E-state index contributed by atoms with van der Waals surface area (Å²) >= 11 is 0. The standard InChI is InChI=1S/C14H17F3O2/c1-2-10-9-13(18,7-8-19-10)11-5-3-4-6-12(11)14(15,16)17/h3-6,10,18H,2,7-9H2,1H3. The van der Waals surface area contributed by atoms with Gasteiger partial charge in [0, 0.05) is 12.8 Å². The Kier molecular flexibility index (Phi) is 3.87. The summed E-state index contributed by atoms with van der Waals surface area (Å²) in [6.07, 6.45) is -3.57. The van der Waals surface area contributed by atoms with Crippen LogP contribution in [0, 0.1) is 0 Å². The largest absolute Gasteiger partial charge is 0.416 e. The number of rotatable bonds is 2. The van der Waals surface area contributed by atoms with Crippen molar-refractivity contribution in [2.75, 3.05) is 6.61 Å². The van der Waals surface area contributed by atoms with E-state index in [4.69, 9.17) is 4.74 Å². The number of aliphatic hydroxyl groups is 1. The second-order valence-electron chi connectivity index (χ2n) is 4.93. The van der Waals surface area contributed by atoms with Gasteiger partial charge in [-0.3, -0.25) is 0 Å². The van der Waals surface area contributed by atoms with Gasteiger partial charge in [-0.05, 0) is 18.1 Å². The summed E-state index contributed by atoms with van der Waals surface area (Å²) < 4.78 is 44.5. The highest BCUT2D eigenvalue weighted by atomic mass is 19.4. The molecule has 1 fully saturated rings. The molecule has 1 aliphatic rings. The highest BCUT2D eigenvalue weighted by Crippen LogP contribution is 2.42. The van der Waals surface area contributed by atoms with Gasteiger partial charge in [0.05, 0.1) is 23.9 Å². The van der Waals surface area contributed by atoms with Crippen LogP contribution in [-0.4, -0.2) is 17.8 Å². The maximum atomic E-state index is 13.0. The highest BCUT2D eigenvalue weighted by molar-refractivity contribution is 5.35. The molecule has 19 heavy (non-hydrogen) atoms. The van der Waals surface area contributed by atoms with Crippen LogP contribution < -0.4 is 0 Å². The van der Waals surface area contributed by atoms with Crippen LogP contribution >= 0.6 is 0 Å². The minimum absolute atomic E-state index is 0.0377. The monoisotopic (exact) mass is 274 g/mol. The molecule has 2 atom stereocenters. The van der Waals surface area contributed by atoms with Crippen molar-refractivity contribution in [1.82, 2.24) is 0 Å². The van der Waals surface area contributed by atoms with E-state index in [9.17, 15) is 18.3 Å². The van der Waals surface area contributed by atoms with Gasteiger partial charge in [0.2, 0.25) is 0 Å². The molecule has 1 aromatic carbocycles. The zero-order valence-electron chi connectivity index (χ0n) is 10.7. The van der Waals surface area contributed by atoms with E-state index < -0.39 is 17.3 Å². The highest BCUT2D eigenvalue weighted by Gasteiger charge is 2.43. The smallest absolute Gasteiger partial charge is 0.385 e. The van der Waals surface area contributed by atoms with Crippen LogP contribution in [0.3, 0.4) is 0 Å². The third-order valence-corrected chi connectivity index (χ3v) is 3.62. The maximum Gasteiger partial charge on any atom is 0.416 e. The Morgan fingerprint density at radius 1 is 1.37 bits per heavy atom. The Bertz CT molecular complexity index is 445. The molecule has 0 bridgehead atoms. The quantitative estimate of drug-likeness (QED) is 0.894. The van der Waals surface area contributed by atoms with Crippen LogP contribution in [0.5, 0.6) is 0 Å². The second kappa shape index (κ2) is 5.13. The summed E-state index contributed by atoms with van der Waals surface area (Å²) in [7, 11) is 0. The van der Waals surface area contributed by atoms with Crippen LogP contribution in [-0.2, 0) is 16.5 Å². The minimum atomic E-state index is -4.45. The number of halogens is 3. The van der Waals surface area contributed by atoms with Gasteiger partial charge >= 0.3 is 6.18 Å². The molecule has 0 amide bonds. The first-order valence-corrected chi connectivity index (χ1v) is 6.37. The summed E-state index contributed by atoms with van der Waals surface area (Å²) in [4.78, 5) is 0. The molecule has 1 saturated heterocycles. The van der Waals surface area contributed by atoms with E-state index in [0.717, 1.165) is 6.07 Å². The van der Waals surface area contributed by atoms with Gasteiger partial charge < -0.3 is 9.84 Å². The van der Waals surface area contributed by atoms with E-state index in [1.54, 1.807) is 0 Å². The first-order valence-electron chi connectivity index (χ1n) is 6.37. The van der Waals surface area contributed by atoms with Crippen LogP contribution in [0.2, 0.25) is 0 Å². The fourth-order valence-electron chi connectivity index (χ4n) is 2.57. The van der Waals surface area contributed by atoms with Crippen molar-refractivity contribution < 1.29 is 23.0 Å². The Labute approximate surface area is 110 Å². The molecule has 0 saturated carbocycles. The Hall–Kier alpha value is -1.07. The average molecular weight is 274 g/mol. The molecule has 1 aromatic rings. The lowest BCUT2D eigenvalue weighted by atomic mass is 9.80. The van der Waals surface area contributed by atoms with Gasteiger partial charge in [-0.15, -0.1) is 0 Å². The molecular weight excluding hydrogens is 257 g/mol. The van der Waals surface area contributed by atoms with Crippen molar-refractivity contribution in [1.29, 1.82) is 0 Å². The van der Waals surface area contributed by atoms with E-state index >= 15 is 0 Å². The average Bonchev–Trinajstić information content (AvgIpc) is 2.38. The Morgan fingerprint density at radius 2 is 2.05 bits per heavy atom. The summed E-state index contributed by atoms with van der Waals surface area (Å²) in [6, 6.07) is 5.25. The molecule has 5 heteroatoms. The third kappa shape index (κ3) is 2.92. The lowest BCUT2D eigenvalue weighted by Crippen LogP contribution is -2.39. The lowest BCUT2D eigenvalue weighted by molar-refractivity contribution is -0.146. The maximum absolute atomic E-state index is 13.0. The summed E-state index contributed by atoms with van der Waals surface area (Å²) in [5, 5.41) is 10.6. The van der Waals surface area contributed by atoms with Gasteiger partial charge in [0.15, 0.2) is 0 Å². The van der Waals surface area contributed by atoms with Crippen molar-refractivity contribution >= 4 is 0 Å². The molecular formula is C14H17F3O2. The van der Waals surface area contributed by atoms with Crippen LogP contribution in [0.25, 0.3) is 0 Å². The Morgan fingerprint density at radius 3 is 2.68 bits per heavy atom. The molecule has 0 aliphatic carbocycles. The molecule has 0 radical (unpaired) electrons. The number of ether oxygens (including phenoxy) is 1. The van der Waals surface area contributed by atoms with Crippen molar-refractivity contribution in [3.63, 3.8) is 0 Å². The predicted molar refractivity (Wildman–Crippen MR) is 64.6 cm³/mol. The molecule has 2 unspecified atom stereocenters. The molecule has 2 rings (SSSR count). The number of hydrogen-bond acceptors (Lipinski definition) is 2. The number of hydrogen-bond donors (Lipinski definition) is 1. The normalized spacial score (nSPS) is 28.4. The predicted octanol–water partition coefficient (Wildman–Crippen LogP) is 3.48. The van der Waals surface area contributed by atoms with Crippen molar-refractivity contribution in [3.8, 4) is 0 Å². The van der Waals surface area contributed by atoms with E-state index in [0.29, 0.717) is 6.42 Å². The zero-order valence-corrected chi connectivity index (χ0v) is 10.7. The number of alkyl halides is 3. The van der Waals surface area contributed by atoms with Gasteiger partial charge in [-0.25, -0.2) is 0 Å². The zero-order chi connectivity index (χ0) is 14.1. The summed E-state index contributed by atoms with van der Waals surface area (Å²) in [5.41, 5.74) is -2.25. The van der Waals surface area contributed by atoms with E-state index in [-0.39, 0.29) is 31.1 Å². The number of benzene rings is 1. The SMILES string of the molecule is CCC1CC(O)(c2ccccc2C(F)(F)F)CCO1. The molecule has 1 N–H and O–H groups in total. The second-order valence-corrected chi connectivity index (χ2v) is 4.93. The molecule has 0 aromatic heterocycles. The van der Waals surface area contributed by atoms with Crippen LogP contribution in [0.15, 0.2) is 24.3 Å². The van der Waals surface area contributed by atoms with Gasteiger partial charge in [-0.2, -0.15) is 13.2 Å². The first kappa shape index (κ1) is 14.3. The van der Waals surface area contributed by atoms with E-state index in [1.807, 2.05) is 6.92 Å². The van der Waals surface area contributed by atoms with E-state index in [1.165, 1.54) is 18.2 Å². The van der Waals surface area contributed by atoms with Crippen molar-refractivity contribution in [2.45, 2.75) is 44.1 Å². The summed E-state index contributed by atoms with van der Waals surface area (Å²) in [5.74, 6) is 0. The fraction of sp³-hybridized carbons (Fsp3) is 0.571. The van der Waals surface area contributed by atoms with E-state index in [2.05, 4.69) is 0 Å². The first-order chi connectivity index (χ1) is 8.87. The molecule has 1 heterocycles. The van der Waals surface area contributed by atoms with Gasteiger partial charge in [0.1, 0.15) is 0 Å². The lowest BCUT2D eigenvalue weighted by Gasteiger charge is -2.38. The Balaban J connectivity index is 2.40. The van der Waals surface area contributed by atoms with Crippen LogP contribution in [0.1, 0.15) is 37.3 Å². The molecule has 0 spiro atoms. The minimum Gasteiger partial charge on any atom is -0.385 e. The third-order valence-electron chi connectivity index (χ3n) is 3.62. The molecule has 2 nitrogen and oxygen atoms in total. The summed E-state index contributed by atoms with van der Waals surface area (Å²) in [6.45, 7) is 2.17. The van der Waals surface area contributed by atoms with Crippen molar-refractivity contribution in [3.05, 3.63) is 35.4 Å². The fourth-order valence-corrected chi connectivity index (χ4v) is 2.57. The van der Waals surface area contributed by atoms with Crippen LogP contribution in [0.4, 0.5) is 13.2 Å².